The van der Waals surface area contributed by atoms with Gasteiger partial charge in [0.25, 0.3) is 11.7 Å². The summed E-state index contributed by atoms with van der Waals surface area (Å²) < 4.78 is 5.88. The van der Waals surface area contributed by atoms with Crippen molar-refractivity contribution in [3.63, 3.8) is 0 Å². The van der Waals surface area contributed by atoms with E-state index in [1.807, 2.05) is 32.0 Å². The van der Waals surface area contributed by atoms with Gasteiger partial charge in [-0.3, -0.25) is 9.59 Å². The van der Waals surface area contributed by atoms with Gasteiger partial charge in [-0.05, 0) is 49.9 Å². The number of hydrogen-bond donors (Lipinski definition) is 0. The van der Waals surface area contributed by atoms with E-state index < -0.39 is 11.7 Å². The molecule has 0 atom stereocenters. The first-order valence-corrected chi connectivity index (χ1v) is 9.20. The van der Waals surface area contributed by atoms with Gasteiger partial charge >= 0.3 is 0 Å². The van der Waals surface area contributed by atoms with Gasteiger partial charge in [-0.1, -0.05) is 41.4 Å². The summed E-state index contributed by atoms with van der Waals surface area (Å²) in [5.41, 5.74) is 2.94. The molecule has 0 unspecified atom stereocenters. The van der Waals surface area contributed by atoms with Crippen LogP contribution in [0.4, 0.5) is 5.69 Å². The average Bonchev–Trinajstić information content (AvgIpc) is 2.82. The molecule has 0 aromatic heterocycles. The Labute approximate surface area is 162 Å². The molecule has 4 nitrogen and oxygen atoms in total. The molecule has 0 N–H and O–H groups in total. The third kappa shape index (κ3) is 3.57. The number of ketones is 1. The number of unbranched alkanes of at least 4 members (excludes halogenated alkanes) is 1. The van der Waals surface area contributed by atoms with Gasteiger partial charge in [0.2, 0.25) is 0 Å². The van der Waals surface area contributed by atoms with Crippen LogP contribution in [0.15, 0.2) is 30.3 Å². The van der Waals surface area contributed by atoms with Gasteiger partial charge in [0.1, 0.15) is 5.75 Å². The number of ether oxygens (including phenoxy) is 1. The number of hydrogen-bond acceptors (Lipinski definition) is 3. The van der Waals surface area contributed by atoms with Crippen molar-refractivity contribution < 1.29 is 14.3 Å². The molecule has 1 aliphatic rings. The van der Waals surface area contributed by atoms with E-state index in [1.165, 1.54) is 11.0 Å². The first-order valence-electron chi connectivity index (χ1n) is 8.44. The molecule has 2 aromatic rings. The van der Waals surface area contributed by atoms with Crippen molar-refractivity contribution in [2.45, 2.75) is 26.7 Å². The van der Waals surface area contributed by atoms with Crippen LogP contribution in [-0.4, -0.2) is 24.8 Å². The summed E-state index contributed by atoms with van der Waals surface area (Å²) in [7, 11) is 0. The third-order valence-electron chi connectivity index (χ3n) is 4.41. The highest BCUT2D eigenvalue weighted by atomic mass is 35.5. The summed E-state index contributed by atoms with van der Waals surface area (Å²) in [6.45, 7) is 4.99. The van der Waals surface area contributed by atoms with E-state index in [0.717, 1.165) is 23.3 Å². The summed E-state index contributed by atoms with van der Waals surface area (Å²) in [5.74, 6) is -0.209. The van der Waals surface area contributed by atoms with E-state index in [0.29, 0.717) is 35.3 Å². The fourth-order valence-corrected chi connectivity index (χ4v) is 3.73. The summed E-state index contributed by atoms with van der Waals surface area (Å²) in [5, 5.41) is 0.664. The second-order valence-corrected chi connectivity index (χ2v) is 7.19. The predicted octanol–water partition coefficient (Wildman–Crippen LogP) is 5.00. The number of benzene rings is 2. The number of fused-ring (bicyclic) bond motifs is 1. The highest BCUT2D eigenvalue weighted by Gasteiger charge is 2.37. The molecule has 1 amide bonds. The number of amides is 1. The van der Waals surface area contributed by atoms with E-state index in [9.17, 15) is 9.59 Å². The minimum atomic E-state index is -0.559. The number of nitrogens with zero attached hydrogens (tertiary/aromatic N) is 1. The molecule has 6 heteroatoms. The maximum absolute atomic E-state index is 12.2. The van der Waals surface area contributed by atoms with Crippen LogP contribution in [0.2, 0.25) is 10.0 Å². The number of aryl methyl sites for hydroxylation is 2. The lowest BCUT2D eigenvalue weighted by molar-refractivity contribution is -0.114. The number of para-hydroxylation sites is 1. The van der Waals surface area contributed by atoms with Gasteiger partial charge in [0.15, 0.2) is 0 Å². The summed E-state index contributed by atoms with van der Waals surface area (Å²) >= 11 is 12.1. The third-order valence-corrected chi connectivity index (χ3v) is 4.92. The van der Waals surface area contributed by atoms with E-state index in [1.54, 1.807) is 6.07 Å². The van der Waals surface area contributed by atoms with Crippen LogP contribution in [0.5, 0.6) is 5.75 Å². The van der Waals surface area contributed by atoms with Crippen molar-refractivity contribution in [3.8, 4) is 5.75 Å². The lowest BCUT2D eigenvalue weighted by atomic mass is 10.1. The number of rotatable bonds is 6. The Hall–Kier alpha value is -2.04. The smallest absolute Gasteiger partial charge is 0.299 e. The van der Waals surface area contributed by atoms with Crippen LogP contribution >= 0.6 is 23.2 Å². The number of carbonyl (C=O) groups excluding carboxylic acids is 2. The zero-order valence-electron chi connectivity index (χ0n) is 14.6. The van der Waals surface area contributed by atoms with Crippen molar-refractivity contribution in [2.24, 2.45) is 0 Å². The van der Waals surface area contributed by atoms with E-state index >= 15 is 0 Å². The van der Waals surface area contributed by atoms with Crippen molar-refractivity contribution in [1.29, 1.82) is 0 Å². The molecule has 3 rings (SSSR count). The largest absolute Gasteiger partial charge is 0.493 e. The fourth-order valence-electron chi connectivity index (χ4n) is 3.14. The molecule has 0 saturated heterocycles. The molecular weight excluding hydrogens is 373 g/mol. The van der Waals surface area contributed by atoms with Crippen LogP contribution in [0.25, 0.3) is 0 Å². The van der Waals surface area contributed by atoms with Crippen molar-refractivity contribution in [3.05, 3.63) is 57.1 Å². The molecule has 0 fully saturated rings. The van der Waals surface area contributed by atoms with Crippen molar-refractivity contribution >= 4 is 40.6 Å². The molecule has 26 heavy (non-hydrogen) atoms. The first kappa shape index (κ1) is 18.7. The van der Waals surface area contributed by atoms with Crippen LogP contribution in [0.3, 0.4) is 0 Å². The lowest BCUT2D eigenvalue weighted by Gasteiger charge is -2.18. The summed E-state index contributed by atoms with van der Waals surface area (Å²) in [6, 6.07) is 9.07. The minimum Gasteiger partial charge on any atom is -0.493 e. The normalized spacial score (nSPS) is 13.3. The quantitative estimate of drug-likeness (QED) is 0.514. The van der Waals surface area contributed by atoms with Crippen LogP contribution in [0.1, 0.15) is 34.3 Å². The molecule has 0 saturated carbocycles. The Kier molecular flexibility index (Phi) is 5.54. The summed E-state index contributed by atoms with van der Waals surface area (Å²) in [4.78, 5) is 25.8. The molecule has 1 heterocycles. The average molecular weight is 392 g/mol. The molecule has 2 aromatic carbocycles. The van der Waals surface area contributed by atoms with E-state index in [-0.39, 0.29) is 5.56 Å². The topological polar surface area (TPSA) is 46.6 Å². The Morgan fingerprint density at radius 3 is 2.42 bits per heavy atom. The number of carbonyl (C=O) groups is 2. The Bertz CT molecular complexity index is 859. The second-order valence-electron chi connectivity index (χ2n) is 6.35. The standard InChI is InChI=1S/C20H19Cl2NO3/c1-12-6-5-7-13(2)19(12)26-9-4-3-8-23-17-15(18(24)20(23)25)10-14(21)11-16(17)22/h5-7,10-11H,3-4,8-9H2,1-2H3. The maximum Gasteiger partial charge on any atom is 0.299 e. The Morgan fingerprint density at radius 1 is 1.04 bits per heavy atom. The first-order chi connectivity index (χ1) is 12.4. The van der Waals surface area contributed by atoms with E-state index in [2.05, 4.69) is 0 Å². The minimum absolute atomic E-state index is 0.277. The number of anilines is 1. The molecular formula is C20H19Cl2NO3. The van der Waals surface area contributed by atoms with Crippen LogP contribution < -0.4 is 9.64 Å². The molecule has 136 valence electrons. The van der Waals surface area contributed by atoms with Gasteiger partial charge in [0.05, 0.1) is 22.9 Å². The zero-order chi connectivity index (χ0) is 18.8. The predicted molar refractivity (Wildman–Crippen MR) is 104 cm³/mol. The number of Topliss-reactive ketones (excluding diaryl/α,β-unsaturated/α-hetero) is 1. The molecule has 1 aliphatic heterocycles. The highest BCUT2D eigenvalue weighted by molar-refractivity contribution is 6.54. The van der Waals surface area contributed by atoms with Crippen molar-refractivity contribution in [2.75, 3.05) is 18.1 Å². The van der Waals surface area contributed by atoms with Gasteiger partial charge in [-0.2, -0.15) is 0 Å². The monoisotopic (exact) mass is 391 g/mol. The van der Waals surface area contributed by atoms with Crippen LogP contribution in [-0.2, 0) is 4.79 Å². The zero-order valence-corrected chi connectivity index (χ0v) is 16.2. The number of halogens is 2. The Morgan fingerprint density at radius 2 is 1.73 bits per heavy atom. The van der Waals surface area contributed by atoms with Gasteiger partial charge in [-0.25, -0.2) is 0 Å². The molecule has 0 aliphatic carbocycles. The van der Waals surface area contributed by atoms with Gasteiger partial charge in [-0.15, -0.1) is 0 Å². The Balaban J connectivity index is 1.60. The summed E-state index contributed by atoms with van der Waals surface area (Å²) in [6.07, 6.45) is 1.45. The fraction of sp³-hybridized carbons (Fsp3) is 0.300. The highest BCUT2D eigenvalue weighted by Crippen LogP contribution is 2.38. The molecule has 0 spiro atoms. The van der Waals surface area contributed by atoms with Crippen LogP contribution in [0, 0.1) is 13.8 Å². The maximum atomic E-state index is 12.2. The van der Waals surface area contributed by atoms with E-state index in [4.69, 9.17) is 27.9 Å². The lowest BCUT2D eigenvalue weighted by Crippen LogP contribution is -2.31. The molecule has 0 radical (unpaired) electrons. The van der Waals surface area contributed by atoms with Gasteiger partial charge < -0.3 is 9.64 Å². The van der Waals surface area contributed by atoms with Crippen molar-refractivity contribution in [1.82, 2.24) is 0 Å². The molecule has 0 bridgehead atoms. The second kappa shape index (κ2) is 7.68. The van der Waals surface area contributed by atoms with Gasteiger partial charge in [0, 0.05) is 11.6 Å². The SMILES string of the molecule is Cc1cccc(C)c1OCCCCN1C(=O)C(=O)c2cc(Cl)cc(Cl)c21.